The van der Waals surface area contributed by atoms with Crippen LogP contribution in [0.5, 0.6) is 0 Å². The van der Waals surface area contributed by atoms with Gasteiger partial charge in [0.2, 0.25) is 6.58 Å². The van der Waals surface area contributed by atoms with Gasteiger partial charge in [-0.05, 0) is 13.8 Å². The van der Waals surface area contributed by atoms with Gasteiger partial charge < -0.3 is 10.1 Å². The number of allylic oxidation sites excluding steroid dienone is 1. The maximum atomic E-state index is 10.7. The lowest BCUT2D eigenvalue weighted by Gasteiger charge is -2.13. The van der Waals surface area contributed by atoms with E-state index < -0.39 is 11.4 Å². The second kappa shape index (κ2) is 2.99. The number of hydrogen-bond acceptors (Lipinski definition) is 2. The topological polar surface area (TPSA) is 66.0 Å². The molecular weight excluding hydrogens is 168 g/mol. The molecule has 1 rings (SSSR count). The number of carboxylic acid groups (broad SMARTS) is 1. The smallest absolute Gasteiger partial charge is 0.356 e. The Kier molecular flexibility index (Phi) is 2.17. The van der Waals surface area contributed by atoms with Crippen LogP contribution in [0.3, 0.4) is 0 Å². The third-order valence-corrected chi connectivity index (χ3v) is 1.90. The number of imidazole rings is 1. The van der Waals surface area contributed by atoms with E-state index in [2.05, 4.69) is 9.97 Å². The van der Waals surface area contributed by atoms with Crippen LogP contribution < -0.4 is 0 Å². The second-order valence-corrected chi connectivity index (χ2v) is 3.32. The molecule has 0 bridgehead atoms. The maximum absolute atomic E-state index is 10.7. The number of nitrogens with one attached hydrogen (secondary N) is 1. The lowest BCUT2D eigenvalue weighted by molar-refractivity contribution is 0.0688. The minimum absolute atomic E-state index is 0.0201. The van der Waals surface area contributed by atoms with E-state index in [0.29, 0.717) is 5.69 Å². The van der Waals surface area contributed by atoms with Gasteiger partial charge in [0.05, 0.1) is 17.4 Å². The Morgan fingerprint density at radius 2 is 2.38 bits per heavy atom. The van der Waals surface area contributed by atoms with Crippen molar-refractivity contribution in [2.75, 3.05) is 0 Å². The number of rotatable bonds is 3. The molecule has 0 aliphatic rings. The standard InChI is InChI=1S/C9H10N2O2/c1-4-9(2,3)7-6(8(12)13)10-5-11-7/h1,4-5H,2-3H3,(H-,10,11,12,13)/p+1. The van der Waals surface area contributed by atoms with Crippen molar-refractivity contribution in [3.8, 4) is 0 Å². The Labute approximate surface area is 76.3 Å². The lowest BCUT2D eigenvalue weighted by atomic mass is 9.88. The number of aromatic amines is 1. The third-order valence-electron chi connectivity index (χ3n) is 1.90. The van der Waals surface area contributed by atoms with E-state index in [1.807, 2.05) is 13.8 Å². The molecule has 1 aromatic heterocycles. The van der Waals surface area contributed by atoms with E-state index in [1.165, 1.54) is 12.4 Å². The van der Waals surface area contributed by atoms with Crippen LogP contribution in [-0.2, 0) is 5.41 Å². The average Bonchev–Trinajstić information content (AvgIpc) is 2.52. The fourth-order valence-electron chi connectivity index (χ4n) is 1.03. The molecule has 1 aromatic rings. The van der Waals surface area contributed by atoms with Gasteiger partial charge in [-0.3, -0.25) is 0 Å². The molecule has 0 radical (unpaired) electrons. The van der Waals surface area contributed by atoms with Crippen molar-refractivity contribution in [3.63, 3.8) is 0 Å². The second-order valence-electron chi connectivity index (χ2n) is 3.32. The summed E-state index contributed by atoms with van der Waals surface area (Å²) in [5, 5.41) is 8.78. The van der Waals surface area contributed by atoms with Gasteiger partial charge >= 0.3 is 5.97 Å². The summed E-state index contributed by atoms with van der Waals surface area (Å²) in [4.78, 5) is 17.2. The number of carbonyl (C=O) groups is 1. The Hall–Kier alpha value is -1.67. The fraction of sp³-hybridized carbons (Fsp3) is 0.333. The predicted molar refractivity (Wildman–Crippen MR) is 47.4 cm³/mol. The summed E-state index contributed by atoms with van der Waals surface area (Å²) < 4.78 is 0. The van der Waals surface area contributed by atoms with Crippen LogP contribution >= 0.6 is 0 Å². The van der Waals surface area contributed by atoms with Gasteiger partial charge in [-0.25, -0.2) is 9.78 Å². The Morgan fingerprint density at radius 1 is 1.77 bits per heavy atom. The number of aromatic nitrogens is 2. The maximum Gasteiger partial charge on any atom is 0.356 e. The minimum Gasteiger partial charge on any atom is -0.476 e. The summed E-state index contributed by atoms with van der Waals surface area (Å²) in [7, 11) is 0. The first-order valence-electron chi connectivity index (χ1n) is 3.82. The molecule has 1 heterocycles. The molecule has 0 aliphatic heterocycles. The van der Waals surface area contributed by atoms with E-state index in [-0.39, 0.29) is 5.69 Å². The molecule has 68 valence electrons. The largest absolute Gasteiger partial charge is 0.476 e. The highest BCUT2D eigenvalue weighted by Crippen LogP contribution is 2.24. The van der Waals surface area contributed by atoms with Gasteiger partial charge in [-0.2, -0.15) is 0 Å². The Bertz CT molecular complexity index is 339. The zero-order chi connectivity index (χ0) is 10.1. The number of carboxylic acids is 1. The van der Waals surface area contributed by atoms with Crippen molar-refractivity contribution in [2.24, 2.45) is 0 Å². The van der Waals surface area contributed by atoms with Crippen LogP contribution in [0.4, 0.5) is 0 Å². The number of hydrogen-bond donors (Lipinski definition) is 2. The SMILES string of the molecule is [CH+]=CC(C)(C)c1[nH]cnc1C(=O)O. The van der Waals surface area contributed by atoms with Crippen LogP contribution in [0.2, 0.25) is 0 Å². The normalized spacial score (nSPS) is 11.2. The molecule has 0 spiro atoms. The van der Waals surface area contributed by atoms with Crippen molar-refractivity contribution in [1.29, 1.82) is 0 Å². The highest BCUT2D eigenvalue weighted by molar-refractivity contribution is 5.87. The van der Waals surface area contributed by atoms with Gasteiger partial charge in [0.1, 0.15) is 0 Å². The minimum atomic E-state index is -1.05. The molecule has 2 N–H and O–H groups in total. The van der Waals surface area contributed by atoms with Gasteiger partial charge in [0, 0.05) is 0 Å². The van der Waals surface area contributed by atoms with Crippen molar-refractivity contribution in [2.45, 2.75) is 19.3 Å². The summed E-state index contributed by atoms with van der Waals surface area (Å²) in [5.41, 5.74) is 0.0266. The van der Waals surface area contributed by atoms with E-state index in [1.54, 1.807) is 0 Å². The van der Waals surface area contributed by atoms with Crippen LogP contribution in [0.1, 0.15) is 30.0 Å². The summed E-state index contributed by atoms with van der Waals surface area (Å²) in [6.45, 7) is 9.03. The van der Waals surface area contributed by atoms with Crippen molar-refractivity contribution >= 4 is 5.97 Å². The van der Waals surface area contributed by atoms with Crippen LogP contribution in [0.15, 0.2) is 12.4 Å². The van der Waals surface area contributed by atoms with E-state index in [4.69, 9.17) is 11.7 Å². The van der Waals surface area contributed by atoms with Crippen LogP contribution in [0, 0.1) is 6.58 Å². The Morgan fingerprint density at radius 3 is 2.85 bits per heavy atom. The first-order chi connectivity index (χ1) is 5.99. The summed E-state index contributed by atoms with van der Waals surface area (Å²) >= 11 is 0. The van der Waals surface area contributed by atoms with E-state index >= 15 is 0 Å². The first kappa shape index (κ1) is 9.42. The van der Waals surface area contributed by atoms with Crippen LogP contribution in [0.25, 0.3) is 0 Å². The molecule has 0 saturated heterocycles. The molecule has 0 atom stereocenters. The fourth-order valence-corrected chi connectivity index (χ4v) is 1.03. The zero-order valence-corrected chi connectivity index (χ0v) is 7.53. The molecule has 0 amide bonds. The quantitative estimate of drug-likeness (QED) is 0.689. The molecule has 0 unspecified atom stereocenters. The highest BCUT2D eigenvalue weighted by atomic mass is 16.4. The molecule has 4 heteroatoms. The molecule has 0 fully saturated rings. The Balaban J connectivity index is 3.22. The first-order valence-corrected chi connectivity index (χ1v) is 3.82. The van der Waals surface area contributed by atoms with E-state index in [0.717, 1.165) is 0 Å². The lowest BCUT2D eigenvalue weighted by Crippen LogP contribution is -2.18. The van der Waals surface area contributed by atoms with Gasteiger partial charge in [0.25, 0.3) is 0 Å². The molecule has 0 aromatic carbocycles. The predicted octanol–water partition coefficient (Wildman–Crippen LogP) is 1.37. The van der Waals surface area contributed by atoms with Gasteiger partial charge in [0.15, 0.2) is 11.8 Å². The van der Waals surface area contributed by atoms with Crippen molar-refractivity contribution < 1.29 is 9.90 Å². The molecule has 0 aliphatic carbocycles. The van der Waals surface area contributed by atoms with Crippen molar-refractivity contribution in [1.82, 2.24) is 9.97 Å². The van der Waals surface area contributed by atoms with E-state index in [9.17, 15) is 4.79 Å². The van der Waals surface area contributed by atoms with Gasteiger partial charge in [-0.1, -0.05) is 0 Å². The highest BCUT2D eigenvalue weighted by Gasteiger charge is 2.28. The van der Waals surface area contributed by atoms with Gasteiger partial charge in [-0.15, -0.1) is 0 Å². The molecule has 13 heavy (non-hydrogen) atoms. The monoisotopic (exact) mass is 179 g/mol. The summed E-state index contributed by atoms with van der Waals surface area (Å²) in [5.74, 6) is -1.05. The third kappa shape index (κ3) is 1.58. The number of nitrogens with zero attached hydrogens (tertiary/aromatic N) is 1. The molecule has 0 saturated carbocycles. The summed E-state index contributed by atoms with van der Waals surface area (Å²) in [6, 6.07) is 0. The molecule has 4 nitrogen and oxygen atoms in total. The van der Waals surface area contributed by atoms with Crippen LogP contribution in [-0.4, -0.2) is 21.0 Å². The average molecular weight is 179 g/mol. The number of aromatic carboxylic acids is 1. The summed E-state index contributed by atoms with van der Waals surface area (Å²) in [6.07, 6.45) is 2.79. The zero-order valence-electron chi connectivity index (χ0n) is 7.53. The van der Waals surface area contributed by atoms with Crippen molar-refractivity contribution in [3.05, 3.63) is 30.4 Å². The molecular formula is C9H11N2O2+. The number of H-pyrrole nitrogens is 1.